The molecule has 0 atom stereocenters. The van der Waals surface area contributed by atoms with Gasteiger partial charge >= 0.3 is 0 Å². The van der Waals surface area contributed by atoms with E-state index < -0.39 is 0 Å². The smallest absolute Gasteiger partial charge is 0.265 e. The van der Waals surface area contributed by atoms with Crippen molar-refractivity contribution in [2.45, 2.75) is 52.7 Å². The number of rotatable bonds is 7. The second kappa shape index (κ2) is 10.0. The molecule has 1 amide bonds. The molecule has 0 spiro atoms. The van der Waals surface area contributed by atoms with Crippen LogP contribution in [0.15, 0.2) is 39.8 Å². The van der Waals surface area contributed by atoms with E-state index in [2.05, 4.69) is 16.9 Å². The first-order chi connectivity index (χ1) is 16.3. The zero-order valence-electron chi connectivity index (χ0n) is 20.7. The molecule has 0 unspecified atom stereocenters. The number of amides is 1. The maximum atomic E-state index is 14.1. The lowest BCUT2D eigenvalue weighted by molar-refractivity contribution is 0.0567. The summed E-state index contributed by atoms with van der Waals surface area (Å²) in [6.07, 6.45) is 3.23. The van der Waals surface area contributed by atoms with E-state index in [9.17, 15) is 9.59 Å². The molecule has 1 aliphatic heterocycles. The molecule has 0 radical (unpaired) electrons. The molecule has 8 heteroatoms. The van der Waals surface area contributed by atoms with Crippen LogP contribution < -0.4 is 10.3 Å². The molecule has 0 bridgehead atoms. The first-order valence-electron chi connectivity index (χ1n) is 11.9. The van der Waals surface area contributed by atoms with E-state index in [1.165, 1.54) is 6.33 Å². The average molecular weight is 467 g/mol. The Kier molecular flexibility index (Phi) is 7.07. The van der Waals surface area contributed by atoms with Crippen LogP contribution in [0.5, 0.6) is 5.75 Å². The Bertz CT molecular complexity index is 1220. The number of aromatic nitrogens is 2. The first kappa shape index (κ1) is 24.0. The van der Waals surface area contributed by atoms with Crippen molar-refractivity contribution in [3.8, 4) is 5.75 Å². The summed E-state index contributed by atoms with van der Waals surface area (Å²) < 4.78 is 12.9. The zero-order valence-corrected chi connectivity index (χ0v) is 20.7. The molecule has 0 saturated carbocycles. The Hall–Kier alpha value is -3.13. The molecule has 1 aromatic carbocycles. The molecule has 182 valence electrons. The van der Waals surface area contributed by atoms with Gasteiger partial charge in [-0.1, -0.05) is 32.0 Å². The van der Waals surface area contributed by atoms with Crippen molar-refractivity contribution in [3.05, 3.63) is 57.8 Å². The third-order valence-corrected chi connectivity index (χ3v) is 6.55. The highest BCUT2D eigenvalue weighted by molar-refractivity contribution is 6.06. The number of carbonyl (C=O) groups excluding carboxylic acids is 1. The summed E-state index contributed by atoms with van der Waals surface area (Å²) in [5.41, 5.74) is 1.23. The molecule has 1 aliphatic rings. The number of hydrogen-bond acceptors (Lipinski definition) is 6. The number of ether oxygens (including phenoxy) is 1. The van der Waals surface area contributed by atoms with Crippen LogP contribution in [-0.2, 0) is 13.1 Å². The number of aryl methyl sites for hydroxylation is 1. The lowest BCUT2D eigenvalue weighted by Crippen LogP contribution is -2.46. The summed E-state index contributed by atoms with van der Waals surface area (Å²) in [7, 11) is 3.73. The van der Waals surface area contributed by atoms with Crippen molar-refractivity contribution in [2.24, 2.45) is 5.92 Å². The number of nitrogens with zero attached hydrogens (tertiary/aromatic N) is 4. The Morgan fingerprint density at radius 1 is 1.26 bits per heavy atom. The van der Waals surface area contributed by atoms with Gasteiger partial charge in [0.15, 0.2) is 0 Å². The SMILES string of the molecule is COc1ccccc1CN(C(=O)c1c(C)oc2ncn(CC(C)C)c(=O)c12)C1CCN(C)CC1. The van der Waals surface area contributed by atoms with Gasteiger partial charge in [0.2, 0.25) is 5.71 Å². The Morgan fingerprint density at radius 2 is 1.97 bits per heavy atom. The van der Waals surface area contributed by atoms with Gasteiger partial charge in [0.25, 0.3) is 11.5 Å². The van der Waals surface area contributed by atoms with Gasteiger partial charge in [-0.05, 0) is 51.9 Å². The summed E-state index contributed by atoms with van der Waals surface area (Å²) >= 11 is 0. The van der Waals surface area contributed by atoms with Crippen molar-refractivity contribution in [1.29, 1.82) is 0 Å². The first-order valence-corrected chi connectivity index (χ1v) is 11.9. The highest BCUT2D eigenvalue weighted by atomic mass is 16.5. The van der Waals surface area contributed by atoms with Gasteiger partial charge in [0.05, 0.1) is 12.7 Å². The highest BCUT2D eigenvalue weighted by Crippen LogP contribution is 2.29. The van der Waals surface area contributed by atoms with Gasteiger partial charge in [-0.25, -0.2) is 4.98 Å². The monoisotopic (exact) mass is 466 g/mol. The molecule has 0 aliphatic carbocycles. The van der Waals surface area contributed by atoms with Gasteiger partial charge in [0.1, 0.15) is 23.2 Å². The maximum Gasteiger partial charge on any atom is 0.265 e. The number of piperidine rings is 1. The molecule has 8 nitrogen and oxygen atoms in total. The predicted octanol–water partition coefficient (Wildman–Crippen LogP) is 3.70. The van der Waals surface area contributed by atoms with Crippen LogP contribution in [0.25, 0.3) is 11.1 Å². The second-order valence-electron chi connectivity index (χ2n) is 9.59. The van der Waals surface area contributed by atoms with E-state index in [1.54, 1.807) is 18.6 Å². The fourth-order valence-corrected chi connectivity index (χ4v) is 4.75. The molecule has 0 N–H and O–H groups in total. The minimum absolute atomic E-state index is 0.0486. The molecule has 2 aromatic heterocycles. The summed E-state index contributed by atoms with van der Waals surface area (Å²) in [4.78, 5) is 36.0. The number of para-hydroxylation sites is 1. The summed E-state index contributed by atoms with van der Waals surface area (Å²) in [5.74, 6) is 1.23. The number of likely N-dealkylation sites (tertiary alicyclic amines) is 1. The van der Waals surface area contributed by atoms with E-state index in [0.29, 0.717) is 24.4 Å². The largest absolute Gasteiger partial charge is 0.496 e. The maximum absolute atomic E-state index is 14.1. The molecule has 1 saturated heterocycles. The minimum atomic E-state index is -0.237. The van der Waals surface area contributed by atoms with Crippen LogP contribution in [0.1, 0.15) is 48.4 Å². The number of fused-ring (bicyclic) bond motifs is 1. The van der Waals surface area contributed by atoms with E-state index in [-0.39, 0.29) is 34.5 Å². The molecular formula is C26H34N4O4. The van der Waals surface area contributed by atoms with Crippen molar-refractivity contribution in [3.63, 3.8) is 0 Å². The van der Waals surface area contributed by atoms with Crippen LogP contribution in [0.3, 0.4) is 0 Å². The molecule has 34 heavy (non-hydrogen) atoms. The molecule has 3 heterocycles. The third-order valence-electron chi connectivity index (χ3n) is 6.55. The van der Waals surface area contributed by atoms with Gasteiger partial charge in [-0.3, -0.25) is 14.2 Å². The third kappa shape index (κ3) is 4.73. The standard InChI is InChI=1S/C26H34N4O4/c1-17(2)14-29-16-27-24-23(25(29)31)22(18(3)34-24)26(32)30(20-10-12-28(4)13-11-20)15-19-8-6-7-9-21(19)33-5/h6-9,16-17,20H,10-15H2,1-5H3. The summed E-state index contributed by atoms with van der Waals surface area (Å²) in [5, 5.41) is 0.267. The molecular weight excluding hydrogens is 432 g/mol. The van der Waals surface area contributed by atoms with Crippen LogP contribution >= 0.6 is 0 Å². The van der Waals surface area contributed by atoms with E-state index in [1.807, 2.05) is 43.0 Å². The zero-order chi connectivity index (χ0) is 24.4. The fraction of sp³-hybridized carbons (Fsp3) is 0.500. The topological polar surface area (TPSA) is 80.8 Å². The lowest BCUT2D eigenvalue weighted by atomic mass is 10.0. The van der Waals surface area contributed by atoms with Crippen molar-refractivity contribution in [2.75, 3.05) is 27.2 Å². The number of carbonyl (C=O) groups is 1. The fourth-order valence-electron chi connectivity index (χ4n) is 4.75. The molecule has 1 fully saturated rings. The Balaban J connectivity index is 1.79. The van der Waals surface area contributed by atoms with Gasteiger partial charge in [-0.15, -0.1) is 0 Å². The summed E-state index contributed by atoms with van der Waals surface area (Å²) in [6, 6.07) is 7.79. The van der Waals surface area contributed by atoms with E-state index >= 15 is 0 Å². The molecule has 3 aromatic rings. The van der Waals surface area contributed by atoms with Crippen molar-refractivity contribution < 1.29 is 13.9 Å². The number of furan rings is 1. The Labute approximate surface area is 200 Å². The average Bonchev–Trinajstić information content (AvgIpc) is 3.16. The minimum Gasteiger partial charge on any atom is -0.496 e. The number of benzene rings is 1. The number of hydrogen-bond donors (Lipinski definition) is 0. The quantitative estimate of drug-likeness (QED) is 0.528. The van der Waals surface area contributed by atoms with Gasteiger partial charge in [0, 0.05) is 24.7 Å². The van der Waals surface area contributed by atoms with Crippen LogP contribution in [0, 0.1) is 12.8 Å². The Morgan fingerprint density at radius 3 is 2.65 bits per heavy atom. The lowest BCUT2D eigenvalue weighted by Gasteiger charge is -2.37. The second-order valence-corrected chi connectivity index (χ2v) is 9.59. The number of methoxy groups -OCH3 is 1. The predicted molar refractivity (Wildman–Crippen MR) is 131 cm³/mol. The molecule has 4 rings (SSSR count). The van der Waals surface area contributed by atoms with E-state index in [4.69, 9.17) is 9.15 Å². The highest BCUT2D eigenvalue weighted by Gasteiger charge is 2.33. The van der Waals surface area contributed by atoms with Crippen molar-refractivity contribution in [1.82, 2.24) is 19.4 Å². The van der Waals surface area contributed by atoms with Crippen LogP contribution in [-0.4, -0.2) is 58.5 Å². The van der Waals surface area contributed by atoms with Gasteiger partial charge in [-0.2, -0.15) is 0 Å². The van der Waals surface area contributed by atoms with E-state index in [0.717, 1.165) is 37.2 Å². The van der Waals surface area contributed by atoms with Crippen LogP contribution in [0.4, 0.5) is 0 Å². The van der Waals surface area contributed by atoms with Crippen molar-refractivity contribution >= 4 is 17.0 Å². The van der Waals surface area contributed by atoms with Gasteiger partial charge < -0.3 is 19.0 Å². The normalized spacial score (nSPS) is 15.2. The summed E-state index contributed by atoms with van der Waals surface area (Å²) in [6.45, 7) is 8.56. The van der Waals surface area contributed by atoms with Crippen LogP contribution in [0.2, 0.25) is 0 Å².